The molecule has 0 atom stereocenters. The van der Waals surface area contributed by atoms with Gasteiger partial charge in [0.1, 0.15) is 5.82 Å². The van der Waals surface area contributed by atoms with Crippen molar-refractivity contribution in [3.8, 4) is 11.1 Å². The van der Waals surface area contributed by atoms with Crippen LogP contribution in [0.5, 0.6) is 0 Å². The molecule has 2 rings (SSSR count). The van der Waals surface area contributed by atoms with E-state index in [-0.39, 0.29) is 11.3 Å². The van der Waals surface area contributed by atoms with Crippen molar-refractivity contribution in [2.75, 3.05) is 0 Å². The number of hydrogen-bond acceptors (Lipinski definition) is 3. The molecule has 0 fully saturated rings. The van der Waals surface area contributed by atoms with E-state index in [9.17, 15) is 14.0 Å². The van der Waals surface area contributed by atoms with Crippen molar-refractivity contribution >= 4 is 5.91 Å². The van der Waals surface area contributed by atoms with Crippen LogP contribution in [0.15, 0.2) is 35.3 Å². The van der Waals surface area contributed by atoms with Crippen molar-refractivity contribution < 1.29 is 9.18 Å². The van der Waals surface area contributed by atoms with Gasteiger partial charge in [-0.25, -0.2) is 4.39 Å². The Bertz CT molecular complexity index is 662. The maximum absolute atomic E-state index is 12.8. The summed E-state index contributed by atoms with van der Waals surface area (Å²) in [6.07, 6.45) is 1.46. The number of amides is 1. The van der Waals surface area contributed by atoms with Gasteiger partial charge in [-0.3, -0.25) is 14.3 Å². The van der Waals surface area contributed by atoms with E-state index in [0.29, 0.717) is 5.56 Å². The molecule has 0 bridgehead atoms. The molecular weight excluding hydrogens is 237 g/mol. The van der Waals surface area contributed by atoms with Gasteiger partial charge in [-0.05, 0) is 17.7 Å². The average Bonchev–Trinajstić information content (AvgIpc) is 2.32. The predicted molar refractivity (Wildman–Crippen MR) is 63.4 cm³/mol. The number of benzene rings is 1. The second-order valence-electron chi connectivity index (χ2n) is 3.77. The number of rotatable bonds is 2. The van der Waals surface area contributed by atoms with Crippen LogP contribution < -0.4 is 11.2 Å². The number of halogens is 1. The summed E-state index contributed by atoms with van der Waals surface area (Å²) in [5, 5.41) is 3.73. The van der Waals surface area contributed by atoms with Crippen molar-refractivity contribution in [3.63, 3.8) is 0 Å². The monoisotopic (exact) mass is 247 g/mol. The van der Waals surface area contributed by atoms with Gasteiger partial charge in [0.05, 0.1) is 0 Å². The number of nitrogens with two attached hydrogens (primary N) is 1. The van der Waals surface area contributed by atoms with Crippen LogP contribution in [0.1, 0.15) is 10.5 Å². The third-order valence-corrected chi connectivity index (χ3v) is 2.42. The lowest BCUT2D eigenvalue weighted by Crippen LogP contribution is -2.27. The van der Waals surface area contributed by atoms with Crippen LogP contribution in [0.3, 0.4) is 0 Å². The first-order chi connectivity index (χ1) is 8.49. The van der Waals surface area contributed by atoms with E-state index >= 15 is 0 Å². The summed E-state index contributed by atoms with van der Waals surface area (Å²) in [7, 11) is 1.57. The fraction of sp³-hybridized carbons (Fsp3) is 0.0833. The quantitative estimate of drug-likeness (QED) is 0.847. The third kappa shape index (κ3) is 2.13. The van der Waals surface area contributed by atoms with Crippen LogP contribution in [0, 0.1) is 5.82 Å². The summed E-state index contributed by atoms with van der Waals surface area (Å²) in [6, 6.07) is 5.38. The molecule has 6 heteroatoms. The number of hydrogen-bond donors (Lipinski definition) is 1. The Labute approximate surface area is 102 Å². The minimum Gasteiger partial charge on any atom is -0.364 e. The molecule has 0 aliphatic heterocycles. The zero-order valence-electron chi connectivity index (χ0n) is 9.55. The highest BCUT2D eigenvalue weighted by Gasteiger charge is 2.14. The fourth-order valence-corrected chi connectivity index (χ4v) is 1.60. The summed E-state index contributed by atoms with van der Waals surface area (Å²) >= 11 is 0. The fourth-order valence-electron chi connectivity index (χ4n) is 1.60. The molecule has 1 heterocycles. The molecule has 0 saturated carbocycles. The molecule has 0 spiro atoms. The smallest absolute Gasteiger partial charge is 0.273 e. The molecule has 1 aromatic heterocycles. The maximum Gasteiger partial charge on any atom is 0.273 e. The van der Waals surface area contributed by atoms with Gasteiger partial charge in [0.2, 0.25) is 5.43 Å². The predicted octanol–water partition coefficient (Wildman–Crippen LogP) is 0.685. The zero-order chi connectivity index (χ0) is 13.3. The van der Waals surface area contributed by atoms with Crippen molar-refractivity contribution in [1.82, 2.24) is 9.78 Å². The Morgan fingerprint density at radius 3 is 2.50 bits per heavy atom. The van der Waals surface area contributed by atoms with Crippen molar-refractivity contribution in [2.45, 2.75) is 0 Å². The first kappa shape index (κ1) is 12.0. The lowest BCUT2D eigenvalue weighted by atomic mass is 10.1. The Kier molecular flexibility index (Phi) is 2.93. The Hall–Kier alpha value is -2.50. The highest BCUT2D eigenvalue weighted by atomic mass is 19.1. The summed E-state index contributed by atoms with van der Waals surface area (Å²) in [4.78, 5) is 23.1. The Morgan fingerprint density at radius 2 is 1.94 bits per heavy atom. The molecule has 92 valence electrons. The minimum absolute atomic E-state index is 0.251. The highest BCUT2D eigenvalue weighted by Crippen LogP contribution is 2.15. The third-order valence-electron chi connectivity index (χ3n) is 2.42. The van der Waals surface area contributed by atoms with Gasteiger partial charge < -0.3 is 5.73 Å². The largest absolute Gasteiger partial charge is 0.364 e. The van der Waals surface area contributed by atoms with Gasteiger partial charge in [0, 0.05) is 18.8 Å². The normalized spacial score (nSPS) is 10.3. The van der Waals surface area contributed by atoms with E-state index < -0.39 is 17.2 Å². The maximum atomic E-state index is 12.8. The number of primary amides is 1. The number of aryl methyl sites for hydroxylation is 1. The second-order valence-corrected chi connectivity index (χ2v) is 3.77. The molecular formula is C12H10FN3O2. The van der Waals surface area contributed by atoms with Crippen molar-refractivity contribution in [2.24, 2.45) is 12.8 Å². The molecule has 5 nitrogen and oxygen atoms in total. The summed E-state index contributed by atoms with van der Waals surface area (Å²) < 4.78 is 14.1. The van der Waals surface area contributed by atoms with E-state index in [1.54, 1.807) is 7.05 Å². The standard InChI is InChI=1S/C12H10FN3O2/c1-16-6-9(7-2-4-8(13)5-3-7)11(17)10(15-16)12(14)18/h2-6H,1H3,(H2,14,18). The lowest BCUT2D eigenvalue weighted by Gasteiger charge is -2.05. The second kappa shape index (κ2) is 4.40. The zero-order valence-corrected chi connectivity index (χ0v) is 9.55. The van der Waals surface area contributed by atoms with E-state index in [1.165, 1.54) is 35.1 Å². The summed E-state index contributed by atoms with van der Waals surface area (Å²) in [6.45, 7) is 0. The van der Waals surface area contributed by atoms with Gasteiger partial charge in [-0.15, -0.1) is 0 Å². The van der Waals surface area contributed by atoms with E-state index in [2.05, 4.69) is 5.10 Å². The van der Waals surface area contributed by atoms with Crippen molar-refractivity contribution in [3.05, 3.63) is 52.2 Å². The molecule has 0 saturated heterocycles. The van der Waals surface area contributed by atoms with Crippen LogP contribution in [0.2, 0.25) is 0 Å². The van der Waals surface area contributed by atoms with E-state index in [4.69, 9.17) is 5.73 Å². The number of aromatic nitrogens is 2. The first-order valence-electron chi connectivity index (χ1n) is 5.12. The molecule has 1 aromatic carbocycles. The lowest BCUT2D eigenvalue weighted by molar-refractivity contribution is 0.0992. The van der Waals surface area contributed by atoms with Gasteiger partial charge in [0.25, 0.3) is 5.91 Å². The molecule has 0 aliphatic rings. The molecule has 2 aromatic rings. The highest BCUT2D eigenvalue weighted by molar-refractivity contribution is 5.91. The number of nitrogens with zero attached hydrogens (tertiary/aromatic N) is 2. The van der Waals surface area contributed by atoms with Crippen LogP contribution in [-0.2, 0) is 7.05 Å². The topological polar surface area (TPSA) is 78.0 Å². The van der Waals surface area contributed by atoms with Gasteiger partial charge in [-0.1, -0.05) is 12.1 Å². The van der Waals surface area contributed by atoms with Crippen molar-refractivity contribution in [1.29, 1.82) is 0 Å². The van der Waals surface area contributed by atoms with E-state index in [1.807, 2.05) is 0 Å². The molecule has 1 amide bonds. The first-order valence-corrected chi connectivity index (χ1v) is 5.12. The Balaban J connectivity index is 2.68. The Morgan fingerprint density at radius 1 is 1.33 bits per heavy atom. The molecule has 18 heavy (non-hydrogen) atoms. The van der Waals surface area contributed by atoms with Crippen LogP contribution >= 0.6 is 0 Å². The molecule has 0 radical (unpaired) electrons. The molecule has 0 unspecified atom stereocenters. The van der Waals surface area contributed by atoms with E-state index in [0.717, 1.165) is 0 Å². The van der Waals surface area contributed by atoms with Gasteiger partial charge in [-0.2, -0.15) is 5.10 Å². The number of carbonyl (C=O) groups excluding carboxylic acids is 1. The van der Waals surface area contributed by atoms with Crippen LogP contribution in [0.4, 0.5) is 4.39 Å². The number of carbonyl (C=O) groups is 1. The van der Waals surface area contributed by atoms with Crippen LogP contribution in [0.25, 0.3) is 11.1 Å². The van der Waals surface area contributed by atoms with Crippen LogP contribution in [-0.4, -0.2) is 15.7 Å². The van der Waals surface area contributed by atoms with Gasteiger partial charge >= 0.3 is 0 Å². The average molecular weight is 247 g/mol. The molecule has 2 N–H and O–H groups in total. The summed E-state index contributed by atoms with van der Waals surface area (Å²) in [5.74, 6) is -1.29. The summed E-state index contributed by atoms with van der Waals surface area (Å²) in [5.41, 5.74) is 4.94. The SMILES string of the molecule is Cn1cc(-c2ccc(F)cc2)c(=O)c(C(N)=O)n1. The minimum atomic E-state index is -0.889. The van der Waals surface area contributed by atoms with Gasteiger partial charge in [0.15, 0.2) is 5.69 Å². The molecule has 0 aliphatic carbocycles.